The van der Waals surface area contributed by atoms with Gasteiger partial charge < -0.3 is 10.6 Å². The topological polar surface area (TPSA) is 42.1 Å². The minimum absolute atomic E-state index is 0.230. The van der Waals surface area contributed by atoms with Crippen LogP contribution in [0.4, 0.5) is 0 Å². The van der Waals surface area contributed by atoms with Gasteiger partial charge in [-0.25, -0.2) is 4.98 Å². The smallest absolute Gasteiger partial charge is 0.0798 e. The van der Waals surface area contributed by atoms with E-state index in [0.29, 0.717) is 0 Å². The monoisotopic (exact) mass is 241 g/mol. The normalized spacial score (nSPS) is 15.4. The van der Waals surface area contributed by atoms with Gasteiger partial charge in [0.15, 0.2) is 0 Å². The first-order valence-corrected chi connectivity index (χ1v) is 6.66. The summed E-state index contributed by atoms with van der Waals surface area (Å²) in [6, 6.07) is 0. The summed E-state index contributed by atoms with van der Waals surface area (Å²) in [5.41, 5.74) is 9.13. The van der Waals surface area contributed by atoms with E-state index in [1.807, 2.05) is 5.51 Å². The predicted molar refractivity (Wildman–Crippen MR) is 70.6 cm³/mol. The standard InChI is InChI=1S/C12H23N3S/c1-5-12(3,7-13)8-15(4)6-11-10(2)14-9-16-11/h9H,5-8,13H2,1-4H3. The van der Waals surface area contributed by atoms with Gasteiger partial charge in [0.25, 0.3) is 0 Å². The number of nitrogens with two attached hydrogens (primary N) is 1. The fraction of sp³-hybridized carbons (Fsp3) is 0.750. The summed E-state index contributed by atoms with van der Waals surface area (Å²) in [6.45, 7) is 9.29. The van der Waals surface area contributed by atoms with Crippen LogP contribution in [0, 0.1) is 12.3 Å². The van der Waals surface area contributed by atoms with Crippen molar-refractivity contribution in [2.75, 3.05) is 20.1 Å². The number of thiazole rings is 1. The summed E-state index contributed by atoms with van der Waals surface area (Å²) >= 11 is 1.74. The molecule has 3 nitrogen and oxygen atoms in total. The third kappa shape index (κ3) is 3.54. The minimum Gasteiger partial charge on any atom is -0.330 e. The molecule has 1 rings (SSSR count). The molecule has 16 heavy (non-hydrogen) atoms. The van der Waals surface area contributed by atoms with Gasteiger partial charge in [-0.2, -0.15) is 0 Å². The van der Waals surface area contributed by atoms with E-state index < -0.39 is 0 Å². The molecule has 0 aliphatic heterocycles. The molecule has 0 fully saturated rings. The van der Waals surface area contributed by atoms with E-state index in [1.165, 1.54) is 4.88 Å². The van der Waals surface area contributed by atoms with Crippen LogP contribution in [0.2, 0.25) is 0 Å². The average molecular weight is 241 g/mol. The average Bonchev–Trinajstić information content (AvgIpc) is 2.64. The molecule has 0 bridgehead atoms. The number of rotatable bonds is 6. The van der Waals surface area contributed by atoms with Crippen molar-refractivity contribution >= 4 is 11.3 Å². The van der Waals surface area contributed by atoms with Crippen molar-refractivity contribution < 1.29 is 0 Å². The molecule has 0 aliphatic rings. The molecule has 2 N–H and O–H groups in total. The van der Waals surface area contributed by atoms with E-state index in [-0.39, 0.29) is 5.41 Å². The van der Waals surface area contributed by atoms with Crippen molar-refractivity contribution in [3.63, 3.8) is 0 Å². The third-order valence-electron chi connectivity index (χ3n) is 3.26. The molecule has 0 saturated heterocycles. The van der Waals surface area contributed by atoms with Gasteiger partial charge in [0.05, 0.1) is 11.2 Å². The summed E-state index contributed by atoms with van der Waals surface area (Å²) in [5, 5.41) is 0. The Labute approximate surface area is 103 Å². The molecule has 92 valence electrons. The van der Waals surface area contributed by atoms with Gasteiger partial charge in [0.2, 0.25) is 0 Å². The molecule has 0 spiro atoms. The molecule has 1 unspecified atom stereocenters. The molecule has 1 heterocycles. The molecule has 1 atom stereocenters. The molecule has 0 saturated carbocycles. The first-order chi connectivity index (χ1) is 7.50. The zero-order chi connectivity index (χ0) is 12.2. The van der Waals surface area contributed by atoms with Crippen molar-refractivity contribution in [2.45, 2.75) is 33.7 Å². The molecular formula is C12H23N3S. The van der Waals surface area contributed by atoms with E-state index in [0.717, 1.165) is 31.7 Å². The Balaban J connectivity index is 2.53. The third-order valence-corrected chi connectivity index (χ3v) is 4.18. The Hall–Kier alpha value is -0.450. The quantitative estimate of drug-likeness (QED) is 0.830. The van der Waals surface area contributed by atoms with Crippen LogP contribution in [0.15, 0.2) is 5.51 Å². The van der Waals surface area contributed by atoms with Gasteiger partial charge in [-0.05, 0) is 32.4 Å². The Morgan fingerprint density at radius 1 is 1.56 bits per heavy atom. The van der Waals surface area contributed by atoms with Crippen LogP contribution < -0.4 is 5.73 Å². The zero-order valence-corrected chi connectivity index (χ0v) is 11.6. The summed E-state index contributed by atoms with van der Waals surface area (Å²) in [5.74, 6) is 0. The summed E-state index contributed by atoms with van der Waals surface area (Å²) in [7, 11) is 2.16. The van der Waals surface area contributed by atoms with Crippen LogP contribution in [0.3, 0.4) is 0 Å². The van der Waals surface area contributed by atoms with Crippen LogP contribution in [-0.2, 0) is 6.54 Å². The van der Waals surface area contributed by atoms with Gasteiger partial charge in [-0.15, -0.1) is 11.3 Å². The molecule has 1 aromatic rings. The van der Waals surface area contributed by atoms with E-state index in [4.69, 9.17) is 5.73 Å². The zero-order valence-electron chi connectivity index (χ0n) is 10.8. The number of hydrogen-bond acceptors (Lipinski definition) is 4. The van der Waals surface area contributed by atoms with Crippen molar-refractivity contribution in [3.8, 4) is 0 Å². The number of nitrogens with zero attached hydrogens (tertiary/aromatic N) is 2. The number of hydrogen-bond donors (Lipinski definition) is 1. The van der Waals surface area contributed by atoms with Gasteiger partial charge in [-0.3, -0.25) is 0 Å². The molecule has 1 aromatic heterocycles. The van der Waals surface area contributed by atoms with Crippen LogP contribution in [0.1, 0.15) is 30.8 Å². The van der Waals surface area contributed by atoms with Crippen molar-refractivity contribution in [3.05, 3.63) is 16.1 Å². The second-order valence-corrected chi connectivity index (χ2v) is 5.84. The maximum absolute atomic E-state index is 5.83. The molecule has 0 aromatic carbocycles. The van der Waals surface area contributed by atoms with Crippen molar-refractivity contribution in [2.24, 2.45) is 11.1 Å². The van der Waals surface area contributed by atoms with Gasteiger partial charge in [0.1, 0.15) is 0 Å². The highest BCUT2D eigenvalue weighted by molar-refractivity contribution is 7.09. The second kappa shape index (κ2) is 5.75. The summed E-state index contributed by atoms with van der Waals surface area (Å²) < 4.78 is 0. The Morgan fingerprint density at radius 2 is 2.25 bits per heavy atom. The highest BCUT2D eigenvalue weighted by atomic mass is 32.1. The first kappa shape index (κ1) is 13.6. The van der Waals surface area contributed by atoms with Crippen LogP contribution in [0.5, 0.6) is 0 Å². The summed E-state index contributed by atoms with van der Waals surface area (Å²) in [6.07, 6.45) is 1.12. The lowest BCUT2D eigenvalue weighted by Gasteiger charge is -2.31. The molecule has 4 heteroatoms. The van der Waals surface area contributed by atoms with E-state index in [1.54, 1.807) is 11.3 Å². The van der Waals surface area contributed by atoms with Crippen molar-refractivity contribution in [1.82, 2.24) is 9.88 Å². The van der Waals surface area contributed by atoms with Crippen molar-refractivity contribution in [1.29, 1.82) is 0 Å². The number of aromatic nitrogens is 1. The van der Waals surface area contributed by atoms with Gasteiger partial charge >= 0.3 is 0 Å². The highest BCUT2D eigenvalue weighted by Gasteiger charge is 2.22. The lowest BCUT2D eigenvalue weighted by Crippen LogP contribution is -2.38. The lowest BCUT2D eigenvalue weighted by atomic mass is 9.87. The fourth-order valence-corrected chi connectivity index (χ4v) is 2.61. The maximum Gasteiger partial charge on any atom is 0.0798 e. The molecule has 0 amide bonds. The lowest BCUT2D eigenvalue weighted by molar-refractivity contribution is 0.187. The Morgan fingerprint density at radius 3 is 2.69 bits per heavy atom. The SMILES string of the molecule is CCC(C)(CN)CN(C)Cc1scnc1C. The van der Waals surface area contributed by atoms with E-state index in [2.05, 4.69) is 37.7 Å². The van der Waals surface area contributed by atoms with Crippen LogP contribution in [0.25, 0.3) is 0 Å². The fourth-order valence-electron chi connectivity index (χ4n) is 1.75. The minimum atomic E-state index is 0.230. The second-order valence-electron chi connectivity index (χ2n) is 4.90. The van der Waals surface area contributed by atoms with Gasteiger partial charge in [-0.1, -0.05) is 13.8 Å². The largest absolute Gasteiger partial charge is 0.330 e. The molecule has 0 radical (unpaired) electrons. The van der Waals surface area contributed by atoms with Crippen LogP contribution in [-0.4, -0.2) is 30.0 Å². The predicted octanol–water partition coefficient (Wildman–Crippen LogP) is 2.26. The molecular weight excluding hydrogens is 218 g/mol. The molecule has 0 aliphatic carbocycles. The highest BCUT2D eigenvalue weighted by Crippen LogP contribution is 2.22. The van der Waals surface area contributed by atoms with Crippen LogP contribution >= 0.6 is 11.3 Å². The van der Waals surface area contributed by atoms with E-state index in [9.17, 15) is 0 Å². The van der Waals surface area contributed by atoms with Gasteiger partial charge in [0, 0.05) is 18.0 Å². The number of aryl methyl sites for hydroxylation is 1. The van der Waals surface area contributed by atoms with E-state index >= 15 is 0 Å². The first-order valence-electron chi connectivity index (χ1n) is 5.78. The Kier molecular flexibility index (Phi) is 4.89. The Bertz CT molecular complexity index is 318. The maximum atomic E-state index is 5.83. The summed E-state index contributed by atoms with van der Waals surface area (Å²) in [4.78, 5) is 7.98.